The molecule has 0 bridgehead atoms. The molecule has 0 saturated carbocycles. The summed E-state index contributed by atoms with van der Waals surface area (Å²) < 4.78 is 19.0. The molecule has 1 aromatic heterocycles. The van der Waals surface area contributed by atoms with Crippen molar-refractivity contribution in [3.63, 3.8) is 0 Å². The van der Waals surface area contributed by atoms with Gasteiger partial charge >= 0.3 is 0 Å². The second-order valence-corrected chi connectivity index (χ2v) is 9.29. The third-order valence-corrected chi connectivity index (χ3v) is 6.26. The lowest BCUT2D eigenvalue weighted by Crippen LogP contribution is -2.37. The molecule has 0 unspecified atom stereocenters. The fourth-order valence-electron chi connectivity index (χ4n) is 4.66. The van der Waals surface area contributed by atoms with Crippen molar-refractivity contribution in [3.8, 4) is 17.4 Å². The molecule has 2 aliphatic rings. The summed E-state index contributed by atoms with van der Waals surface area (Å²) in [6.07, 6.45) is 4.72. The van der Waals surface area contributed by atoms with E-state index in [0.29, 0.717) is 59.1 Å². The van der Waals surface area contributed by atoms with Crippen molar-refractivity contribution in [3.05, 3.63) is 52.5 Å². The van der Waals surface area contributed by atoms with Crippen LogP contribution in [0.4, 0.5) is 0 Å². The highest BCUT2D eigenvalue weighted by Gasteiger charge is 2.43. The van der Waals surface area contributed by atoms with Crippen molar-refractivity contribution in [2.45, 2.75) is 58.9 Å². The molecule has 4 rings (SSSR count). The molecule has 1 aliphatic carbocycles. The third kappa shape index (κ3) is 3.80. The van der Waals surface area contributed by atoms with Crippen LogP contribution in [0.5, 0.6) is 17.4 Å². The zero-order chi connectivity index (χ0) is 23.0. The fourth-order valence-corrected chi connectivity index (χ4v) is 4.66. The van der Waals surface area contributed by atoms with Crippen molar-refractivity contribution in [2.24, 2.45) is 5.41 Å². The van der Waals surface area contributed by atoms with E-state index in [9.17, 15) is 4.79 Å². The average molecular weight is 438 g/mol. The Morgan fingerprint density at radius 2 is 1.97 bits per heavy atom. The molecule has 1 aliphatic heterocycles. The van der Waals surface area contributed by atoms with Gasteiger partial charge < -0.3 is 18.8 Å². The van der Waals surface area contributed by atoms with Gasteiger partial charge in [-0.2, -0.15) is 0 Å². The van der Waals surface area contributed by atoms with Crippen LogP contribution in [0, 0.1) is 10.8 Å². The average Bonchev–Trinajstić information content (AvgIpc) is 2.76. The van der Waals surface area contributed by atoms with Crippen molar-refractivity contribution >= 4 is 5.78 Å². The van der Waals surface area contributed by atoms with Gasteiger partial charge in [-0.1, -0.05) is 33.3 Å². The minimum Gasteiger partial charge on any atom is -0.493 e. The molecule has 170 valence electrons. The van der Waals surface area contributed by atoms with E-state index in [0.717, 1.165) is 18.4 Å². The number of aryl methyl sites for hydroxylation is 1. The van der Waals surface area contributed by atoms with Crippen molar-refractivity contribution in [1.82, 2.24) is 9.55 Å². The molecule has 32 heavy (non-hydrogen) atoms. The van der Waals surface area contributed by atoms with Crippen LogP contribution in [0.3, 0.4) is 0 Å². The molecular formula is C25H31N3O4. The van der Waals surface area contributed by atoms with E-state index in [2.05, 4.69) is 25.8 Å². The largest absolute Gasteiger partial charge is 0.493 e. The number of nitrogens with one attached hydrogen (secondary N) is 1. The molecule has 1 N–H and O–H groups in total. The number of Topliss-reactive ketones (excluding diaryl/α,β-unsaturated/α-hetero) is 1. The first-order valence-electron chi connectivity index (χ1n) is 11.1. The van der Waals surface area contributed by atoms with E-state index in [1.54, 1.807) is 20.5 Å². The normalized spacial score (nSPS) is 19.2. The van der Waals surface area contributed by atoms with Crippen LogP contribution in [0.2, 0.25) is 0 Å². The molecule has 2 aromatic rings. The minimum absolute atomic E-state index is 0.0602. The van der Waals surface area contributed by atoms with Gasteiger partial charge in [0.05, 0.1) is 25.7 Å². The Morgan fingerprint density at radius 1 is 1.22 bits per heavy atom. The zero-order valence-electron chi connectivity index (χ0n) is 19.4. The van der Waals surface area contributed by atoms with E-state index in [1.807, 2.05) is 22.8 Å². The maximum atomic E-state index is 13.4. The summed E-state index contributed by atoms with van der Waals surface area (Å²) >= 11 is 0. The van der Waals surface area contributed by atoms with Gasteiger partial charge in [-0.15, -0.1) is 0 Å². The number of aromatic nitrogens is 2. The van der Waals surface area contributed by atoms with Gasteiger partial charge in [0, 0.05) is 25.0 Å². The summed E-state index contributed by atoms with van der Waals surface area (Å²) in [4.78, 5) is 18.0. The predicted octanol–water partition coefficient (Wildman–Crippen LogP) is 4.35. The van der Waals surface area contributed by atoms with Gasteiger partial charge in [0.25, 0.3) is 0 Å². The van der Waals surface area contributed by atoms with E-state index in [4.69, 9.17) is 19.6 Å². The number of allylic oxidation sites excluding steroid dienone is 2. The quantitative estimate of drug-likeness (QED) is 0.726. The molecule has 0 radical (unpaired) electrons. The lowest BCUT2D eigenvalue weighted by atomic mass is 9.70. The molecule has 0 spiro atoms. The van der Waals surface area contributed by atoms with Crippen LogP contribution in [-0.2, 0) is 11.3 Å². The molecule has 1 atom stereocenters. The van der Waals surface area contributed by atoms with E-state index < -0.39 is 5.92 Å². The number of methoxy groups -OCH3 is 2. The summed E-state index contributed by atoms with van der Waals surface area (Å²) in [5.41, 5.74) is 2.26. The number of fused-ring (bicyclic) bond motifs is 1. The Hall–Kier alpha value is -3.09. The van der Waals surface area contributed by atoms with Crippen molar-refractivity contribution < 1.29 is 19.0 Å². The van der Waals surface area contributed by atoms with E-state index in [-0.39, 0.29) is 11.2 Å². The first-order chi connectivity index (χ1) is 15.3. The van der Waals surface area contributed by atoms with Crippen molar-refractivity contribution in [1.29, 1.82) is 5.41 Å². The van der Waals surface area contributed by atoms with Gasteiger partial charge in [0.15, 0.2) is 17.3 Å². The Labute approximate surface area is 188 Å². The van der Waals surface area contributed by atoms with Crippen molar-refractivity contribution in [2.75, 3.05) is 14.2 Å². The second-order valence-electron chi connectivity index (χ2n) is 9.29. The Bertz CT molecular complexity index is 1150. The zero-order valence-corrected chi connectivity index (χ0v) is 19.4. The van der Waals surface area contributed by atoms with E-state index in [1.165, 1.54) is 0 Å². The number of unbranched alkanes of at least 4 members (excludes halogenated alkanes) is 1. The van der Waals surface area contributed by atoms with Gasteiger partial charge in [0.2, 0.25) is 5.88 Å². The summed E-state index contributed by atoms with van der Waals surface area (Å²) in [7, 11) is 3.19. The monoisotopic (exact) mass is 437 g/mol. The molecule has 7 nitrogen and oxygen atoms in total. The van der Waals surface area contributed by atoms with Gasteiger partial charge in [0.1, 0.15) is 17.6 Å². The molecule has 7 heteroatoms. The summed E-state index contributed by atoms with van der Waals surface area (Å²) in [5.74, 6) is 1.89. The summed E-state index contributed by atoms with van der Waals surface area (Å²) in [6, 6.07) is 5.66. The Balaban J connectivity index is 1.95. The SMILES string of the molecule is CCCCn1cnc2c(c1=N)[C@@H](c1ccc(OC)c(OC)c1)C1=C(CC(C)(C)CC1=O)O2. The smallest absolute Gasteiger partial charge is 0.228 e. The minimum atomic E-state index is -0.439. The lowest BCUT2D eigenvalue weighted by molar-refractivity contribution is -0.118. The first-order valence-corrected chi connectivity index (χ1v) is 11.1. The molecule has 2 heterocycles. The number of carbonyl (C=O) groups excluding carboxylic acids is 1. The number of hydrogen-bond acceptors (Lipinski definition) is 6. The van der Waals surface area contributed by atoms with E-state index >= 15 is 0 Å². The molecule has 0 fully saturated rings. The maximum Gasteiger partial charge on any atom is 0.228 e. The highest BCUT2D eigenvalue weighted by Crippen LogP contribution is 2.49. The Morgan fingerprint density at radius 3 is 2.66 bits per heavy atom. The number of ketones is 1. The summed E-state index contributed by atoms with van der Waals surface area (Å²) in [5, 5.41) is 8.96. The highest BCUT2D eigenvalue weighted by atomic mass is 16.5. The molecule has 0 amide bonds. The van der Waals surface area contributed by atoms with Crippen LogP contribution in [-0.4, -0.2) is 29.6 Å². The maximum absolute atomic E-state index is 13.4. The van der Waals surface area contributed by atoms with Crippen LogP contribution in [0.25, 0.3) is 0 Å². The summed E-state index contributed by atoms with van der Waals surface area (Å²) in [6.45, 7) is 6.96. The fraction of sp³-hybridized carbons (Fsp3) is 0.480. The van der Waals surface area contributed by atoms with Crippen LogP contribution in [0.1, 0.15) is 63.5 Å². The topological polar surface area (TPSA) is 86.4 Å². The van der Waals surface area contributed by atoms with Crippen LogP contribution < -0.4 is 19.7 Å². The van der Waals surface area contributed by atoms with Crippen LogP contribution in [0.15, 0.2) is 35.9 Å². The number of ether oxygens (including phenoxy) is 3. The number of hydrogen-bond donors (Lipinski definition) is 1. The Kier molecular flexibility index (Phi) is 5.84. The number of benzene rings is 1. The number of nitrogens with zero attached hydrogens (tertiary/aromatic N) is 2. The second kappa shape index (κ2) is 8.45. The third-order valence-electron chi connectivity index (χ3n) is 6.26. The molecule has 0 saturated heterocycles. The van der Waals surface area contributed by atoms with Gasteiger partial charge in [-0.05, 0) is 29.5 Å². The standard InChI is InChI=1S/C25H31N3O4/c1-6-7-10-28-14-27-24-22(23(28)26)20(15-8-9-17(30-4)18(11-15)31-5)21-16(29)12-25(2,3)13-19(21)32-24/h8-9,11,14,20,26H,6-7,10,12-13H2,1-5H3/t20-/m0/s1. The highest BCUT2D eigenvalue weighted by molar-refractivity contribution is 6.00. The molecule has 1 aromatic carbocycles. The predicted molar refractivity (Wildman–Crippen MR) is 120 cm³/mol. The molecular weight excluding hydrogens is 406 g/mol. The number of carbonyl (C=O) groups is 1. The van der Waals surface area contributed by atoms with Gasteiger partial charge in [-0.25, -0.2) is 4.98 Å². The number of rotatable bonds is 6. The van der Waals surface area contributed by atoms with Gasteiger partial charge in [-0.3, -0.25) is 10.2 Å². The first kappa shape index (κ1) is 22.1. The van der Waals surface area contributed by atoms with Crippen LogP contribution >= 0.6 is 0 Å². The lowest BCUT2D eigenvalue weighted by Gasteiger charge is -2.38.